The minimum Gasteiger partial charge on any atom is -0.335 e. The maximum Gasteiger partial charge on any atom is 0.261 e. The number of amides is 2. The van der Waals surface area contributed by atoms with E-state index < -0.39 is 0 Å². The summed E-state index contributed by atoms with van der Waals surface area (Å²) in [6.45, 7) is 2.27. The van der Waals surface area contributed by atoms with Crippen molar-refractivity contribution in [2.24, 2.45) is 0 Å². The number of hydrogen-bond donors (Lipinski definition) is 1. The third-order valence-electron chi connectivity index (χ3n) is 4.47. The zero-order valence-electron chi connectivity index (χ0n) is 14.6. The lowest BCUT2D eigenvalue weighted by atomic mass is 10.1. The van der Waals surface area contributed by atoms with E-state index in [0.29, 0.717) is 27.9 Å². The number of benzene rings is 2. The molecule has 7 nitrogen and oxygen atoms in total. The van der Waals surface area contributed by atoms with E-state index in [-0.39, 0.29) is 18.4 Å². The molecule has 2 aromatic carbocycles. The molecule has 0 radical (unpaired) electrons. The van der Waals surface area contributed by atoms with Gasteiger partial charge in [-0.3, -0.25) is 14.5 Å². The van der Waals surface area contributed by atoms with E-state index in [2.05, 4.69) is 10.2 Å². The molecule has 136 valence electrons. The van der Waals surface area contributed by atoms with Crippen molar-refractivity contribution in [3.05, 3.63) is 65.2 Å². The summed E-state index contributed by atoms with van der Waals surface area (Å²) < 4.78 is 1.44. The van der Waals surface area contributed by atoms with E-state index in [0.717, 1.165) is 11.1 Å². The zero-order valence-corrected chi connectivity index (χ0v) is 15.4. The van der Waals surface area contributed by atoms with Gasteiger partial charge >= 0.3 is 0 Å². The smallest absolute Gasteiger partial charge is 0.261 e. The lowest BCUT2D eigenvalue weighted by Gasteiger charge is -2.13. The highest BCUT2D eigenvalue weighted by atomic mass is 32.2. The largest absolute Gasteiger partial charge is 0.335 e. The molecule has 0 spiro atoms. The molecule has 8 heteroatoms. The zero-order chi connectivity index (χ0) is 19.0. The van der Waals surface area contributed by atoms with Crippen molar-refractivity contribution in [1.29, 1.82) is 0 Å². The summed E-state index contributed by atoms with van der Waals surface area (Å²) in [6, 6.07) is 14.7. The van der Waals surface area contributed by atoms with Gasteiger partial charge in [0, 0.05) is 17.9 Å². The maximum atomic E-state index is 12.4. The number of imide groups is 1. The van der Waals surface area contributed by atoms with Crippen LogP contribution in [0.15, 0.2) is 53.7 Å². The first kappa shape index (κ1) is 17.3. The number of nitrogens with zero attached hydrogens (tertiary/aromatic N) is 4. The van der Waals surface area contributed by atoms with E-state index in [9.17, 15) is 9.59 Å². The summed E-state index contributed by atoms with van der Waals surface area (Å²) in [5, 5.41) is 8.85. The van der Waals surface area contributed by atoms with Crippen LogP contribution in [0.2, 0.25) is 0 Å². The third-order valence-corrected chi connectivity index (χ3v) is 5.40. The number of nitrogens with two attached hydrogens (primary N) is 1. The van der Waals surface area contributed by atoms with Gasteiger partial charge in [0.05, 0.1) is 11.1 Å². The predicted octanol–water partition coefficient (Wildman–Crippen LogP) is 2.36. The summed E-state index contributed by atoms with van der Waals surface area (Å²) >= 11 is 1.36. The number of thioether (sulfide) groups is 1. The summed E-state index contributed by atoms with van der Waals surface area (Å²) in [5.41, 5.74) is 2.88. The Bertz CT molecular complexity index is 1010. The fourth-order valence-electron chi connectivity index (χ4n) is 3.05. The molecule has 1 aromatic heterocycles. The van der Waals surface area contributed by atoms with Crippen molar-refractivity contribution in [3.63, 3.8) is 0 Å². The number of aromatic nitrogens is 3. The first-order chi connectivity index (χ1) is 13.1. The van der Waals surface area contributed by atoms with Gasteiger partial charge in [-0.05, 0) is 24.6 Å². The number of nitrogen functional groups attached to an aromatic ring is 1. The molecule has 0 bridgehead atoms. The molecule has 1 aliphatic rings. The molecule has 1 aliphatic heterocycles. The SMILES string of the molecule is Cc1ccccc1-c1nnc(SCCN2C(=O)c3ccccc3C2=O)n1N. The molecule has 0 saturated carbocycles. The van der Waals surface area contributed by atoms with Crippen molar-refractivity contribution in [2.45, 2.75) is 12.1 Å². The van der Waals surface area contributed by atoms with Crippen LogP contribution >= 0.6 is 11.8 Å². The topological polar surface area (TPSA) is 94.1 Å². The molecule has 0 atom stereocenters. The highest BCUT2D eigenvalue weighted by Crippen LogP contribution is 2.26. The molecule has 0 saturated heterocycles. The molecular weight excluding hydrogens is 362 g/mol. The van der Waals surface area contributed by atoms with Crippen LogP contribution in [0, 0.1) is 6.92 Å². The summed E-state index contributed by atoms with van der Waals surface area (Å²) in [7, 11) is 0. The van der Waals surface area contributed by atoms with Gasteiger partial charge in [-0.2, -0.15) is 0 Å². The van der Waals surface area contributed by atoms with Gasteiger partial charge in [-0.15, -0.1) is 10.2 Å². The van der Waals surface area contributed by atoms with Crippen molar-refractivity contribution >= 4 is 23.6 Å². The van der Waals surface area contributed by atoms with Crippen LogP contribution in [0.3, 0.4) is 0 Å². The molecule has 3 aromatic rings. The maximum absolute atomic E-state index is 12.4. The normalized spacial score (nSPS) is 13.3. The molecule has 2 amide bonds. The monoisotopic (exact) mass is 379 g/mol. The number of hydrogen-bond acceptors (Lipinski definition) is 6. The number of aryl methyl sites for hydroxylation is 1. The van der Waals surface area contributed by atoms with Gasteiger partial charge in [-0.25, -0.2) is 4.68 Å². The second kappa shape index (κ2) is 6.88. The van der Waals surface area contributed by atoms with Gasteiger partial charge in [-0.1, -0.05) is 48.2 Å². The van der Waals surface area contributed by atoms with Crippen LogP contribution in [0.1, 0.15) is 26.3 Å². The average Bonchev–Trinajstić information content (AvgIpc) is 3.15. The summed E-state index contributed by atoms with van der Waals surface area (Å²) in [6.07, 6.45) is 0. The fourth-order valence-corrected chi connectivity index (χ4v) is 3.83. The number of carbonyl (C=O) groups excluding carboxylic acids is 2. The Morgan fingerprint density at radius 1 is 0.926 bits per heavy atom. The Balaban J connectivity index is 1.45. The van der Waals surface area contributed by atoms with Crippen LogP contribution in [0.4, 0.5) is 0 Å². The van der Waals surface area contributed by atoms with Crippen molar-refractivity contribution < 1.29 is 9.59 Å². The number of rotatable bonds is 5. The Morgan fingerprint density at radius 2 is 1.52 bits per heavy atom. The van der Waals surface area contributed by atoms with Crippen molar-refractivity contribution in [3.8, 4) is 11.4 Å². The first-order valence-electron chi connectivity index (χ1n) is 8.42. The molecule has 2 N–H and O–H groups in total. The van der Waals surface area contributed by atoms with Gasteiger partial charge in [0.1, 0.15) is 0 Å². The van der Waals surface area contributed by atoms with Gasteiger partial charge in [0.15, 0.2) is 5.82 Å². The number of fused-ring (bicyclic) bond motifs is 1. The number of carbonyl (C=O) groups is 2. The lowest BCUT2D eigenvalue weighted by Crippen LogP contribution is -2.32. The van der Waals surface area contributed by atoms with E-state index >= 15 is 0 Å². The summed E-state index contributed by atoms with van der Waals surface area (Å²) in [4.78, 5) is 26.0. The second-order valence-corrected chi connectivity index (χ2v) is 7.21. The fraction of sp³-hybridized carbons (Fsp3) is 0.158. The summed E-state index contributed by atoms with van der Waals surface area (Å²) in [5.74, 6) is 6.69. The van der Waals surface area contributed by atoms with Crippen LogP contribution in [0.25, 0.3) is 11.4 Å². The van der Waals surface area contributed by atoms with Gasteiger partial charge < -0.3 is 5.84 Å². The van der Waals surface area contributed by atoms with Crippen LogP contribution in [-0.2, 0) is 0 Å². The highest BCUT2D eigenvalue weighted by Gasteiger charge is 2.34. The molecule has 0 aliphatic carbocycles. The Morgan fingerprint density at radius 3 is 2.15 bits per heavy atom. The van der Waals surface area contributed by atoms with E-state index in [1.807, 2.05) is 31.2 Å². The molecule has 2 heterocycles. The van der Waals surface area contributed by atoms with E-state index in [1.54, 1.807) is 24.3 Å². The van der Waals surface area contributed by atoms with E-state index in [4.69, 9.17) is 5.84 Å². The second-order valence-electron chi connectivity index (χ2n) is 6.15. The molecular formula is C19H17N5O2S. The van der Waals surface area contributed by atoms with Crippen LogP contribution < -0.4 is 5.84 Å². The minimum atomic E-state index is -0.258. The highest BCUT2D eigenvalue weighted by molar-refractivity contribution is 7.99. The quantitative estimate of drug-likeness (QED) is 0.415. The van der Waals surface area contributed by atoms with Crippen LogP contribution in [0.5, 0.6) is 0 Å². The van der Waals surface area contributed by atoms with E-state index in [1.165, 1.54) is 21.3 Å². The molecule has 0 fully saturated rings. The average molecular weight is 379 g/mol. The Hall–Kier alpha value is -3.13. The van der Waals surface area contributed by atoms with Crippen molar-refractivity contribution in [2.75, 3.05) is 18.1 Å². The lowest BCUT2D eigenvalue weighted by molar-refractivity contribution is 0.0664. The molecule has 27 heavy (non-hydrogen) atoms. The Kier molecular flexibility index (Phi) is 4.41. The minimum absolute atomic E-state index is 0.258. The van der Waals surface area contributed by atoms with Gasteiger partial charge in [0.2, 0.25) is 5.16 Å². The molecule has 0 unspecified atom stereocenters. The Labute approximate surface area is 160 Å². The molecule has 4 rings (SSSR count). The first-order valence-corrected chi connectivity index (χ1v) is 9.41. The predicted molar refractivity (Wildman–Crippen MR) is 103 cm³/mol. The van der Waals surface area contributed by atoms with Crippen LogP contribution in [-0.4, -0.2) is 43.9 Å². The third kappa shape index (κ3) is 2.97. The van der Waals surface area contributed by atoms with Crippen molar-refractivity contribution in [1.82, 2.24) is 19.8 Å². The van der Waals surface area contributed by atoms with Gasteiger partial charge in [0.25, 0.3) is 11.8 Å². The standard InChI is InChI=1S/C19H17N5O2S/c1-12-6-2-3-7-13(12)16-21-22-19(24(16)20)27-11-10-23-17(25)14-8-4-5-9-15(14)18(23)26/h2-9H,10-11,20H2,1H3.